The number of pyridine rings is 2. The summed E-state index contributed by atoms with van der Waals surface area (Å²) in [5, 5.41) is 3.39. The number of aromatic nitrogens is 2. The third kappa shape index (κ3) is 4.26. The molecule has 0 aliphatic heterocycles. The zero-order valence-electron chi connectivity index (χ0n) is 17.2. The number of rotatable bonds is 5. The zero-order valence-corrected chi connectivity index (χ0v) is 18.8. The molecule has 0 saturated heterocycles. The van der Waals surface area contributed by atoms with Crippen molar-refractivity contribution in [1.82, 2.24) is 19.8 Å². The number of fused-ring (bicyclic) bond motifs is 1. The second-order valence-corrected chi connectivity index (χ2v) is 8.73. The number of hydrogen-bond acceptors (Lipinski definition) is 4. The van der Waals surface area contributed by atoms with E-state index in [9.17, 15) is 9.59 Å². The Kier molecular flexibility index (Phi) is 5.91. The molecule has 1 N–H and O–H groups in total. The van der Waals surface area contributed by atoms with Gasteiger partial charge >= 0.3 is 0 Å². The van der Waals surface area contributed by atoms with E-state index in [0.29, 0.717) is 11.0 Å². The minimum atomic E-state index is -0.623. The molecule has 0 spiro atoms. The summed E-state index contributed by atoms with van der Waals surface area (Å²) in [7, 11) is 1.94. The fourth-order valence-corrected chi connectivity index (χ4v) is 3.61. The van der Waals surface area contributed by atoms with Crippen LogP contribution in [0.15, 0.2) is 58.1 Å². The summed E-state index contributed by atoms with van der Waals surface area (Å²) < 4.78 is 2.67. The lowest BCUT2D eigenvalue weighted by atomic mass is 10.1. The van der Waals surface area contributed by atoms with Gasteiger partial charge in [0.15, 0.2) is 0 Å². The molecule has 6 nitrogen and oxygen atoms in total. The fraction of sp³-hybridized carbons (Fsp3) is 0.318. The third-order valence-electron chi connectivity index (χ3n) is 5.17. The number of halogens is 1. The second kappa shape index (κ2) is 8.08. The molecule has 0 unspecified atom stereocenters. The van der Waals surface area contributed by atoms with Gasteiger partial charge in [-0.25, -0.2) is 4.98 Å². The molecule has 0 saturated carbocycles. The van der Waals surface area contributed by atoms with Crippen molar-refractivity contribution < 1.29 is 4.79 Å². The van der Waals surface area contributed by atoms with Crippen LogP contribution in [-0.2, 0) is 0 Å². The summed E-state index contributed by atoms with van der Waals surface area (Å²) in [5.74, 6) is -0.415. The van der Waals surface area contributed by atoms with Crippen molar-refractivity contribution in [2.24, 2.45) is 0 Å². The SMILES string of the molecule is CC(C)N(C)C(C)(C)NC(=O)c1cn(-c2cccc(Br)c2)c2ncccc2c1=O. The lowest BCUT2D eigenvalue weighted by Gasteiger charge is -2.39. The van der Waals surface area contributed by atoms with E-state index in [1.165, 1.54) is 0 Å². The van der Waals surface area contributed by atoms with E-state index in [1.54, 1.807) is 29.1 Å². The van der Waals surface area contributed by atoms with Crippen molar-refractivity contribution in [1.29, 1.82) is 0 Å². The van der Waals surface area contributed by atoms with Gasteiger partial charge in [-0.2, -0.15) is 0 Å². The van der Waals surface area contributed by atoms with Crippen molar-refractivity contribution in [3.63, 3.8) is 0 Å². The summed E-state index contributed by atoms with van der Waals surface area (Å²) >= 11 is 3.47. The smallest absolute Gasteiger partial charge is 0.258 e. The van der Waals surface area contributed by atoms with Crippen LogP contribution in [0.25, 0.3) is 16.7 Å². The molecule has 2 aromatic heterocycles. The maximum Gasteiger partial charge on any atom is 0.258 e. The van der Waals surface area contributed by atoms with E-state index in [-0.39, 0.29) is 17.0 Å². The summed E-state index contributed by atoms with van der Waals surface area (Å²) in [6.07, 6.45) is 3.21. The molecule has 0 bridgehead atoms. The van der Waals surface area contributed by atoms with E-state index < -0.39 is 11.6 Å². The molecule has 0 atom stereocenters. The summed E-state index contributed by atoms with van der Waals surface area (Å²) in [6.45, 7) is 7.94. The predicted molar refractivity (Wildman–Crippen MR) is 119 cm³/mol. The minimum absolute atomic E-state index is 0.0794. The quantitative estimate of drug-likeness (QED) is 0.590. The predicted octanol–water partition coefficient (Wildman–Crippen LogP) is 3.95. The van der Waals surface area contributed by atoms with Gasteiger partial charge < -0.3 is 9.88 Å². The van der Waals surface area contributed by atoms with Gasteiger partial charge in [0, 0.05) is 28.6 Å². The van der Waals surface area contributed by atoms with Crippen LogP contribution in [0.1, 0.15) is 38.1 Å². The normalized spacial score (nSPS) is 12.0. The van der Waals surface area contributed by atoms with Gasteiger partial charge in [0.25, 0.3) is 5.91 Å². The Morgan fingerprint density at radius 1 is 1.24 bits per heavy atom. The first-order chi connectivity index (χ1) is 13.6. The van der Waals surface area contributed by atoms with Gasteiger partial charge in [-0.3, -0.25) is 14.5 Å². The summed E-state index contributed by atoms with van der Waals surface area (Å²) in [6, 6.07) is 11.3. The second-order valence-electron chi connectivity index (χ2n) is 7.81. The highest BCUT2D eigenvalue weighted by Gasteiger charge is 2.29. The van der Waals surface area contributed by atoms with Crippen LogP contribution in [0.3, 0.4) is 0 Å². The van der Waals surface area contributed by atoms with Crippen LogP contribution in [0.5, 0.6) is 0 Å². The van der Waals surface area contributed by atoms with Crippen molar-refractivity contribution in [2.45, 2.75) is 39.4 Å². The molecule has 0 aliphatic carbocycles. The molecule has 7 heteroatoms. The molecule has 1 amide bonds. The van der Waals surface area contributed by atoms with Gasteiger partial charge in [-0.05, 0) is 65.1 Å². The maximum atomic E-state index is 13.1. The first kappa shape index (κ1) is 21.2. The number of benzene rings is 1. The van der Waals surface area contributed by atoms with Crippen molar-refractivity contribution in [2.75, 3.05) is 7.05 Å². The van der Waals surface area contributed by atoms with E-state index in [0.717, 1.165) is 10.2 Å². The van der Waals surface area contributed by atoms with Gasteiger partial charge in [-0.1, -0.05) is 22.0 Å². The van der Waals surface area contributed by atoms with E-state index in [2.05, 4.69) is 40.1 Å². The van der Waals surface area contributed by atoms with Crippen LogP contribution in [0.2, 0.25) is 0 Å². The van der Waals surface area contributed by atoms with Crippen molar-refractivity contribution >= 4 is 32.9 Å². The van der Waals surface area contributed by atoms with Gasteiger partial charge in [0.1, 0.15) is 11.2 Å². The Hall–Kier alpha value is -2.51. The van der Waals surface area contributed by atoms with Crippen LogP contribution in [-0.4, -0.2) is 39.1 Å². The van der Waals surface area contributed by atoms with Gasteiger partial charge in [0.2, 0.25) is 5.43 Å². The number of hydrogen-bond donors (Lipinski definition) is 1. The molecule has 3 rings (SSSR count). The van der Waals surface area contributed by atoms with Gasteiger partial charge in [-0.15, -0.1) is 0 Å². The lowest BCUT2D eigenvalue weighted by Crippen LogP contribution is -2.57. The molecular formula is C22H25BrN4O2. The first-order valence-corrected chi connectivity index (χ1v) is 10.2. The maximum absolute atomic E-state index is 13.1. The Morgan fingerprint density at radius 2 is 1.97 bits per heavy atom. The van der Waals surface area contributed by atoms with Crippen LogP contribution < -0.4 is 10.7 Å². The lowest BCUT2D eigenvalue weighted by molar-refractivity contribution is 0.0627. The number of carbonyl (C=O) groups excluding carboxylic acids is 1. The van der Waals surface area contributed by atoms with Crippen molar-refractivity contribution in [3.8, 4) is 5.69 Å². The van der Waals surface area contributed by atoms with Crippen molar-refractivity contribution in [3.05, 3.63) is 69.1 Å². The summed E-state index contributed by atoms with van der Waals surface area (Å²) in [4.78, 5) is 32.6. The largest absolute Gasteiger partial charge is 0.334 e. The monoisotopic (exact) mass is 456 g/mol. The van der Waals surface area contributed by atoms with E-state index >= 15 is 0 Å². The number of carbonyl (C=O) groups is 1. The van der Waals surface area contributed by atoms with Crippen LogP contribution >= 0.6 is 15.9 Å². The topological polar surface area (TPSA) is 67.2 Å². The van der Waals surface area contributed by atoms with Gasteiger partial charge in [0.05, 0.1) is 11.0 Å². The average Bonchev–Trinajstić information content (AvgIpc) is 2.67. The highest BCUT2D eigenvalue weighted by Crippen LogP contribution is 2.20. The molecule has 0 radical (unpaired) electrons. The number of nitrogens with zero attached hydrogens (tertiary/aromatic N) is 3. The molecule has 3 aromatic rings. The molecule has 2 heterocycles. The molecule has 0 fully saturated rings. The Morgan fingerprint density at radius 3 is 2.62 bits per heavy atom. The highest BCUT2D eigenvalue weighted by molar-refractivity contribution is 9.10. The Balaban J connectivity index is 2.15. The first-order valence-electron chi connectivity index (χ1n) is 9.43. The standard InChI is InChI=1S/C22H25BrN4O2/c1-14(2)26(5)22(3,4)25-21(29)18-13-27(16-9-6-8-15(23)12-16)20-17(19(18)28)10-7-11-24-20/h6-14H,1-5H3,(H,25,29). The Bertz CT molecular complexity index is 1120. The third-order valence-corrected chi connectivity index (χ3v) is 5.66. The minimum Gasteiger partial charge on any atom is -0.334 e. The fourth-order valence-electron chi connectivity index (χ4n) is 3.22. The zero-order chi connectivity index (χ0) is 21.3. The number of amides is 1. The average molecular weight is 457 g/mol. The highest BCUT2D eigenvalue weighted by atomic mass is 79.9. The molecule has 29 heavy (non-hydrogen) atoms. The number of nitrogens with one attached hydrogen (secondary N) is 1. The molecule has 1 aromatic carbocycles. The van der Waals surface area contributed by atoms with E-state index in [4.69, 9.17) is 0 Å². The molecule has 152 valence electrons. The molecular weight excluding hydrogens is 432 g/mol. The van der Waals surface area contributed by atoms with Crippen LogP contribution in [0, 0.1) is 0 Å². The van der Waals surface area contributed by atoms with E-state index in [1.807, 2.05) is 50.1 Å². The Labute approximate surface area is 178 Å². The van der Waals surface area contributed by atoms with Crippen LogP contribution in [0.4, 0.5) is 0 Å². The molecule has 0 aliphatic rings. The summed E-state index contributed by atoms with van der Waals surface area (Å²) in [5.41, 5.74) is 0.430.